The van der Waals surface area contributed by atoms with Crippen LogP contribution in [0.5, 0.6) is 5.75 Å². The second kappa shape index (κ2) is 6.50. The van der Waals surface area contributed by atoms with Crippen molar-refractivity contribution < 1.29 is 14.3 Å². The number of carbonyl (C=O) groups excluding carboxylic acids is 1. The number of likely N-dealkylation sites (tertiary alicyclic amines) is 1. The molecular formula is C18H22N4O3. The second-order valence-electron chi connectivity index (χ2n) is 6.58. The molecular weight excluding hydrogens is 320 g/mol. The summed E-state index contributed by atoms with van der Waals surface area (Å²) in [6, 6.07) is 9.41. The van der Waals surface area contributed by atoms with Gasteiger partial charge in [-0.15, -0.1) is 0 Å². The molecule has 1 unspecified atom stereocenters. The topological polar surface area (TPSA) is 79.5 Å². The molecule has 0 aliphatic carbocycles. The molecule has 1 spiro atoms. The van der Waals surface area contributed by atoms with Crippen molar-refractivity contribution in [1.82, 2.24) is 20.4 Å². The Morgan fingerprint density at radius 2 is 2.20 bits per heavy atom. The first-order valence-electron chi connectivity index (χ1n) is 8.53. The van der Waals surface area contributed by atoms with Crippen LogP contribution in [0.3, 0.4) is 0 Å². The normalized spacial score (nSPS) is 23.2. The number of amides is 1. The van der Waals surface area contributed by atoms with Crippen LogP contribution >= 0.6 is 0 Å². The Hall–Kier alpha value is -2.38. The summed E-state index contributed by atoms with van der Waals surface area (Å²) in [7, 11) is 1.63. The fourth-order valence-electron chi connectivity index (χ4n) is 3.50. The van der Waals surface area contributed by atoms with Gasteiger partial charge in [0.05, 0.1) is 31.6 Å². The number of hydrogen-bond donors (Lipinski definition) is 2. The van der Waals surface area contributed by atoms with Crippen molar-refractivity contribution in [2.24, 2.45) is 0 Å². The van der Waals surface area contributed by atoms with Crippen molar-refractivity contribution in [3.63, 3.8) is 0 Å². The molecule has 2 fully saturated rings. The first-order chi connectivity index (χ1) is 12.2. The number of ether oxygens (including phenoxy) is 2. The third kappa shape index (κ3) is 3.12. The Balaban J connectivity index is 1.47. The maximum Gasteiger partial charge on any atom is 0.271 e. The van der Waals surface area contributed by atoms with E-state index in [4.69, 9.17) is 9.47 Å². The van der Waals surface area contributed by atoms with Crippen molar-refractivity contribution >= 4 is 5.91 Å². The van der Waals surface area contributed by atoms with Gasteiger partial charge in [-0.2, -0.15) is 5.10 Å². The molecule has 132 valence electrons. The lowest BCUT2D eigenvalue weighted by atomic mass is 10.0. The van der Waals surface area contributed by atoms with Crippen LogP contribution in [-0.2, 0) is 4.74 Å². The highest BCUT2D eigenvalue weighted by Crippen LogP contribution is 2.28. The second-order valence-corrected chi connectivity index (χ2v) is 6.58. The summed E-state index contributed by atoms with van der Waals surface area (Å²) < 4.78 is 11.1. The molecule has 0 radical (unpaired) electrons. The Morgan fingerprint density at radius 3 is 2.92 bits per heavy atom. The molecule has 2 aliphatic rings. The molecule has 4 rings (SSSR count). The predicted octanol–water partition coefficient (Wildman–Crippen LogP) is 1.29. The summed E-state index contributed by atoms with van der Waals surface area (Å²) in [4.78, 5) is 14.6. The highest BCUT2D eigenvalue weighted by atomic mass is 16.5. The quantitative estimate of drug-likeness (QED) is 0.879. The van der Waals surface area contributed by atoms with Crippen LogP contribution in [0.4, 0.5) is 0 Å². The SMILES string of the molecule is COc1ccc(-c2cc(C(=O)N3CCC4(CNCCO4)C3)[nH]n2)cc1. The Morgan fingerprint density at radius 1 is 1.36 bits per heavy atom. The zero-order chi connectivity index (χ0) is 17.3. The third-order valence-electron chi connectivity index (χ3n) is 4.93. The fourth-order valence-corrected chi connectivity index (χ4v) is 3.50. The van der Waals surface area contributed by atoms with Crippen LogP contribution in [-0.4, -0.2) is 66.5 Å². The number of benzene rings is 1. The molecule has 7 heteroatoms. The first-order valence-corrected chi connectivity index (χ1v) is 8.53. The van der Waals surface area contributed by atoms with Crippen molar-refractivity contribution in [2.75, 3.05) is 39.9 Å². The monoisotopic (exact) mass is 342 g/mol. The molecule has 2 aliphatic heterocycles. The van der Waals surface area contributed by atoms with Gasteiger partial charge < -0.3 is 19.7 Å². The van der Waals surface area contributed by atoms with E-state index in [2.05, 4.69) is 15.5 Å². The van der Waals surface area contributed by atoms with Crippen LogP contribution in [0.25, 0.3) is 11.3 Å². The molecule has 3 heterocycles. The minimum Gasteiger partial charge on any atom is -0.497 e. The molecule has 2 N–H and O–H groups in total. The summed E-state index contributed by atoms with van der Waals surface area (Å²) in [6.45, 7) is 3.71. The van der Waals surface area contributed by atoms with E-state index in [9.17, 15) is 4.79 Å². The molecule has 25 heavy (non-hydrogen) atoms. The van der Waals surface area contributed by atoms with Gasteiger partial charge in [0.1, 0.15) is 11.4 Å². The van der Waals surface area contributed by atoms with Crippen molar-refractivity contribution in [1.29, 1.82) is 0 Å². The van der Waals surface area contributed by atoms with E-state index in [1.165, 1.54) is 0 Å². The minimum atomic E-state index is -0.229. The van der Waals surface area contributed by atoms with Crippen molar-refractivity contribution in [2.45, 2.75) is 12.0 Å². The van der Waals surface area contributed by atoms with E-state index >= 15 is 0 Å². The number of H-pyrrole nitrogens is 1. The number of aromatic nitrogens is 2. The molecule has 1 aromatic carbocycles. The molecule has 0 bridgehead atoms. The summed E-state index contributed by atoms with van der Waals surface area (Å²) in [5.74, 6) is 0.761. The van der Waals surface area contributed by atoms with E-state index in [0.29, 0.717) is 25.4 Å². The number of nitrogens with zero attached hydrogens (tertiary/aromatic N) is 2. The third-order valence-corrected chi connectivity index (χ3v) is 4.93. The first kappa shape index (κ1) is 16.1. The van der Waals surface area contributed by atoms with Gasteiger partial charge >= 0.3 is 0 Å². The lowest BCUT2D eigenvalue weighted by Gasteiger charge is -2.34. The number of rotatable bonds is 3. The van der Waals surface area contributed by atoms with Crippen LogP contribution in [0.1, 0.15) is 16.9 Å². The highest BCUT2D eigenvalue weighted by molar-refractivity contribution is 5.93. The van der Waals surface area contributed by atoms with Crippen LogP contribution < -0.4 is 10.1 Å². The van der Waals surface area contributed by atoms with Gasteiger partial charge in [-0.05, 0) is 36.8 Å². The Labute approximate surface area is 146 Å². The largest absolute Gasteiger partial charge is 0.497 e. The van der Waals surface area contributed by atoms with Crippen LogP contribution in [0.2, 0.25) is 0 Å². The molecule has 7 nitrogen and oxygen atoms in total. The van der Waals surface area contributed by atoms with E-state index in [1.807, 2.05) is 29.2 Å². The van der Waals surface area contributed by atoms with Crippen LogP contribution in [0.15, 0.2) is 30.3 Å². The summed E-state index contributed by atoms with van der Waals surface area (Å²) in [6.07, 6.45) is 0.866. The number of methoxy groups -OCH3 is 1. The molecule has 2 saturated heterocycles. The van der Waals surface area contributed by atoms with Gasteiger partial charge in [-0.25, -0.2) is 0 Å². The number of hydrogen-bond acceptors (Lipinski definition) is 5. The van der Waals surface area contributed by atoms with E-state index in [0.717, 1.165) is 36.5 Å². The van der Waals surface area contributed by atoms with E-state index < -0.39 is 0 Å². The van der Waals surface area contributed by atoms with Gasteiger partial charge in [0.15, 0.2) is 0 Å². The summed E-state index contributed by atoms with van der Waals surface area (Å²) >= 11 is 0. The maximum atomic E-state index is 12.8. The van der Waals surface area contributed by atoms with E-state index in [1.54, 1.807) is 13.2 Å². The summed E-state index contributed by atoms with van der Waals surface area (Å²) in [5, 5.41) is 10.5. The highest BCUT2D eigenvalue weighted by Gasteiger charge is 2.42. The molecule has 2 aromatic rings. The van der Waals surface area contributed by atoms with Crippen molar-refractivity contribution in [3.05, 3.63) is 36.0 Å². The maximum absolute atomic E-state index is 12.8. The standard InChI is InChI=1S/C18H22N4O3/c1-24-14-4-2-13(3-5-14)15-10-16(21-20-15)17(23)22-8-6-18(12-22)11-19-7-9-25-18/h2-5,10,19H,6-9,11-12H2,1H3,(H,20,21). The zero-order valence-corrected chi connectivity index (χ0v) is 14.2. The van der Waals surface area contributed by atoms with Crippen LogP contribution in [0, 0.1) is 0 Å². The molecule has 1 aromatic heterocycles. The van der Waals surface area contributed by atoms with E-state index in [-0.39, 0.29) is 11.5 Å². The number of morpholine rings is 1. The van der Waals surface area contributed by atoms with Gasteiger partial charge in [-0.1, -0.05) is 0 Å². The molecule has 0 saturated carbocycles. The lowest BCUT2D eigenvalue weighted by molar-refractivity contribution is -0.0559. The smallest absolute Gasteiger partial charge is 0.271 e. The van der Waals surface area contributed by atoms with Gasteiger partial charge in [0.25, 0.3) is 5.91 Å². The summed E-state index contributed by atoms with van der Waals surface area (Å²) in [5.41, 5.74) is 1.96. The van der Waals surface area contributed by atoms with Gasteiger partial charge in [0, 0.05) is 25.2 Å². The van der Waals surface area contributed by atoms with Crippen molar-refractivity contribution in [3.8, 4) is 17.0 Å². The minimum absolute atomic E-state index is 0.0293. The molecule has 1 amide bonds. The van der Waals surface area contributed by atoms with Gasteiger partial charge in [-0.3, -0.25) is 9.89 Å². The fraction of sp³-hybridized carbons (Fsp3) is 0.444. The zero-order valence-electron chi connectivity index (χ0n) is 14.2. The van der Waals surface area contributed by atoms with Gasteiger partial charge in [0.2, 0.25) is 0 Å². The number of carbonyl (C=O) groups is 1. The Bertz CT molecular complexity index is 750. The lowest BCUT2D eigenvalue weighted by Crippen LogP contribution is -2.51. The average molecular weight is 342 g/mol. The number of aromatic amines is 1. The Kier molecular flexibility index (Phi) is 4.19. The predicted molar refractivity (Wildman–Crippen MR) is 92.6 cm³/mol. The number of nitrogens with one attached hydrogen (secondary N) is 2. The molecule has 1 atom stereocenters. The average Bonchev–Trinajstić information content (AvgIpc) is 3.30.